The van der Waals surface area contributed by atoms with E-state index in [9.17, 15) is 10.2 Å². The zero-order valence-corrected chi connectivity index (χ0v) is 11.9. The molecule has 0 aromatic heterocycles. The molecule has 106 valence electrons. The van der Waals surface area contributed by atoms with Crippen molar-refractivity contribution in [2.75, 3.05) is 13.2 Å². The summed E-state index contributed by atoms with van der Waals surface area (Å²) in [6.45, 7) is 5.37. The fourth-order valence-corrected chi connectivity index (χ4v) is 2.94. The van der Waals surface area contributed by atoms with E-state index in [1.54, 1.807) is 6.07 Å². The van der Waals surface area contributed by atoms with Gasteiger partial charge in [0.15, 0.2) is 0 Å². The summed E-state index contributed by atoms with van der Waals surface area (Å²) in [5, 5.41) is 22.7. The van der Waals surface area contributed by atoms with E-state index < -0.39 is 0 Å². The van der Waals surface area contributed by atoms with Crippen molar-refractivity contribution in [1.82, 2.24) is 5.32 Å². The van der Waals surface area contributed by atoms with Crippen LogP contribution in [0.15, 0.2) is 18.2 Å². The Kier molecular flexibility index (Phi) is 4.48. The van der Waals surface area contributed by atoms with Crippen LogP contribution in [0.25, 0.3) is 0 Å². The van der Waals surface area contributed by atoms with Crippen LogP contribution in [0.4, 0.5) is 0 Å². The Morgan fingerprint density at radius 2 is 2.05 bits per heavy atom. The summed E-state index contributed by atoms with van der Waals surface area (Å²) in [4.78, 5) is 0. The Hall–Kier alpha value is -1.06. The van der Waals surface area contributed by atoms with E-state index in [2.05, 4.69) is 19.2 Å². The van der Waals surface area contributed by atoms with E-state index in [1.165, 1.54) is 11.1 Å². The first-order valence-electron chi connectivity index (χ1n) is 7.30. The van der Waals surface area contributed by atoms with Crippen LogP contribution in [0.2, 0.25) is 0 Å². The van der Waals surface area contributed by atoms with Gasteiger partial charge in [0.05, 0.1) is 0 Å². The Morgan fingerprint density at radius 3 is 2.68 bits per heavy atom. The molecule has 0 fully saturated rings. The van der Waals surface area contributed by atoms with Gasteiger partial charge >= 0.3 is 0 Å². The van der Waals surface area contributed by atoms with E-state index in [4.69, 9.17) is 0 Å². The van der Waals surface area contributed by atoms with E-state index >= 15 is 0 Å². The molecule has 0 spiro atoms. The van der Waals surface area contributed by atoms with Crippen LogP contribution >= 0.6 is 0 Å². The van der Waals surface area contributed by atoms with Crippen molar-refractivity contribution in [3.8, 4) is 5.75 Å². The second-order valence-corrected chi connectivity index (χ2v) is 5.72. The normalized spacial score (nSPS) is 18.6. The topological polar surface area (TPSA) is 52.5 Å². The maximum atomic E-state index is 9.61. The van der Waals surface area contributed by atoms with E-state index in [0.29, 0.717) is 11.8 Å². The fraction of sp³-hybridized carbons (Fsp3) is 0.625. The molecule has 3 heteroatoms. The Balaban J connectivity index is 2.03. The highest BCUT2D eigenvalue weighted by molar-refractivity contribution is 5.40. The van der Waals surface area contributed by atoms with Gasteiger partial charge in [-0.25, -0.2) is 0 Å². The maximum Gasteiger partial charge on any atom is 0.115 e. The molecule has 1 atom stereocenters. The molecule has 1 aromatic rings. The van der Waals surface area contributed by atoms with Gasteiger partial charge in [0.25, 0.3) is 0 Å². The van der Waals surface area contributed by atoms with E-state index in [-0.39, 0.29) is 12.0 Å². The van der Waals surface area contributed by atoms with Gasteiger partial charge in [0, 0.05) is 24.6 Å². The summed E-state index contributed by atoms with van der Waals surface area (Å²) in [6.07, 6.45) is 4.07. The lowest BCUT2D eigenvalue weighted by Gasteiger charge is -2.31. The summed E-state index contributed by atoms with van der Waals surface area (Å²) >= 11 is 0. The quantitative estimate of drug-likeness (QED) is 0.739. The van der Waals surface area contributed by atoms with Crippen LogP contribution in [-0.4, -0.2) is 23.4 Å². The highest BCUT2D eigenvalue weighted by Crippen LogP contribution is 2.34. The third kappa shape index (κ3) is 2.93. The average molecular weight is 263 g/mol. The summed E-state index contributed by atoms with van der Waals surface area (Å²) in [5.41, 5.74) is 2.55. The van der Waals surface area contributed by atoms with Gasteiger partial charge in [0.1, 0.15) is 5.75 Å². The van der Waals surface area contributed by atoms with Gasteiger partial charge in [-0.05, 0) is 48.9 Å². The van der Waals surface area contributed by atoms with Gasteiger partial charge in [-0.2, -0.15) is 0 Å². The largest absolute Gasteiger partial charge is 0.508 e. The molecule has 1 aromatic carbocycles. The Bertz CT molecular complexity index is 418. The van der Waals surface area contributed by atoms with Crippen molar-refractivity contribution in [3.63, 3.8) is 0 Å². The van der Waals surface area contributed by atoms with Crippen molar-refractivity contribution < 1.29 is 10.2 Å². The van der Waals surface area contributed by atoms with Gasteiger partial charge in [0.2, 0.25) is 0 Å². The van der Waals surface area contributed by atoms with Gasteiger partial charge in [-0.15, -0.1) is 0 Å². The first kappa shape index (κ1) is 14.4. The van der Waals surface area contributed by atoms with Crippen LogP contribution in [0.1, 0.15) is 50.3 Å². The number of rotatable bonds is 6. The average Bonchev–Trinajstić information content (AvgIpc) is 2.83. The Morgan fingerprint density at radius 1 is 1.32 bits per heavy atom. The van der Waals surface area contributed by atoms with Gasteiger partial charge in [-0.1, -0.05) is 19.9 Å². The molecule has 3 nitrogen and oxygen atoms in total. The number of phenolic OH excluding ortho intramolecular Hbond substituents is 1. The van der Waals surface area contributed by atoms with E-state index in [0.717, 1.165) is 32.2 Å². The number of aliphatic hydroxyl groups is 1. The SMILES string of the molecule is CCC(CC)(CO)CNC1CCc2cc(O)ccc21. The van der Waals surface area contributed by atoms with Crippen LogP contribution in [0.5, 0.6) is 5.75 Å². The van der Waals surface area contributed by atoms with Crippen molar-refractivity contribution in [2.45, 2.75) is 45.6 Å². The monoisotopic (exact) mass is 263 g/mol. The molecule has 1 unspecified atom stereocenters. The van der Waals surface area contributed by atoms with Gasteiger partial charge < -0.3 is 15.5 Å². The minimum atomic E-state index is -0.000325. The standard InChI is InChI=1S/C16H25NO2/c1-3-16(4-2,11-18)10-17-15-8-5-12-9-13(19)6-7-14(12)15/h6-7,9,15,17-19H,3-5,8,10-11H2,1-2H3. The zero-order valence-electron chi connectivity index (χ0n) is 11.9. The predicted octanol–water partition coefficient (Wildman–Crippen LogP) is 2.77. The summed E-state index contributed by atoms with van der Waals surface area (Å²) < 4.78 is 0. The second-order valence-electron chi connectivity index (χ2n) is 5.72. The van der Waals surface area contributed by atoms with Crippen LogP contribution in [-0.2, 0) is 6.42 Å². The second kappa shape index (κ2) is 5.93. The number of hydrogen-bond donors (Lipinski definition) is 3. The van der Waals surface area contributed by atoms with Crippen LogP contribution < -0.4 is 5.32 Å². The van der Waals surface area contributed by atoms with E-state index in [1.807, 2.05) is 12.1 Å². The number of aryl methyl sites for hydroxylation is 1. The van der Waals surface area contributed by atoms with Gasteiger partial charge in [-0.3, -0.25) is 0 Å². The third-order valence-corrected chi connectivity index (χ3v) is 4.76. The zero-order chi connectivity index (χ0) is 13.9. The molecule has 0 amide bonds. The molecular weight excluding hydrogens is 238 g/mol. The molecule has 0 radical (unpaired) electrons. The number of nitrogens with one attached hydrogen (secondary N) is 1. The molecule has 3 N–H and O–H groups in total. The lowest BCUT2D eigenvalue weighted by molar-refractivity contribution is 0.109. The molecule has 19 heavy (non-hydrogen) atoms. The third-order valence-electron chi connectivity index (χ3n) is 4.76. The van der Waals surface area contributed by atoms with Crippen LogP contribution in [0, 0.1) is 5.41 Å². The van der Waals surface area contributed by atoms with Crippen molar-refractivity contribution >= 4 is 0 Å². The molecule has 0 saturated carbocycles. The number of phenols is 1. The molecule has 0 aliphatic heterocycles. The van der Waals surface area contributed by atoms with Crippen molar-refractivity contribution in [2.24, 2.45) is 5.41 Å². The number of benzene rings is 1. The molecule has 0 bridgehead atoms. The minimum absolute atomic E-state index is 0.000325. The fourth-order valence-electron chi connectivity index (χ4n) is 2.94. The number of aliphatic hydroxyl groups excluding tert-OH is 1. The minimum Gasteiger partial charge on any atom is -0.508 e. The highest BCUT2D eigenvalue weighted by atomic mass is 16.3. The summed E-state index contributed by atoms with van der Waals surface area (Å²) in [5.74, 6) is 0.353. The smallest absolute Gasteiger partial charge is 0.115 e. The predicted molar refractivity (Wildman–Crippen MR) is 77.3 cm³/mol. The molecule has 2 rings (SSSR count). The Labute approximate surface area is 115 Å². The molecule has 1 aliphatic rings. The van der Waals surface area contributed by atoms with Crippen LogP contribution in [0.3, 0.4) is 0 Å². The summed E-state index contributed by atoms with van der Waals surface area (Å²) in [6, 6.07) is 6.02. The molecule has 1 aliphatic carbocycles. The van der Waals surface area contributed by atoms with Crippen molar-refractivity contribution in [3.05, 3.63) is 29.3 Å². The molecular formula is C16H25NO2. The lowest BCUT2D eigenvalue weighted by Crippen LogP contribution is -2.37. The number of fused-ring (bicyclic) bond motifs is 1. The highest BCUT2D eigenvalue weighted by Gasteiger charge is 2.28. The first-order valence-corrected chi connectivity index (χ1v) is 7.30. The number of hydrogen-bond acceptors (Lipinski definition) is 3. The maximum absolute atomic E-state index is 9.61. The lowest BCUT2D eigenvalue weighted by atomic mass is 9.83. The first-order chi connectivity index (χ1) is 9.14. The molecule has 0 saturated heterocycles. The molecule has 0 heterocycles. The van der Waals surface area contributed by atoms with Crippen molar-refractivity contribution in [1.29, 1.82) is 0 Å². The number of aromatic hydroxyl groups is 1. The summed E-state index contributed by atoms with van der Waals surface area (Å²) in [7, 11) is 0.